The second-order valence-corrected chi connectivity index (χ2v) is 8.87. The van der Waals surface area contributed by atoms with Gasteiger partial charge in [0.15, 0.2) is 5.69 Å². The highest BCUT2D eigenvalue weighted by atomic mass is 16.5. The number of amides is 1. The smallest absolute Gasteiger partial charge is 0.310 e. The topological polar surface area (TPSA) is 76.5 Å². The van der Waals surface area contributed by atoms with Gasteiger partial charge in [-0.1, -0.05) is 48.0 Å². The summed E-state index contributed by atoms with van der Waals surface area (Å²) in [5, 5.41) is 6.59. The van der Waals surface area contributed by atoms with E-state index >= 15 is 0 Å². The van der Waals surface area contributed by atoms with Gasteiger partial charge in [-0.15, -0.1) is 0 Å². The number of piperidine rings is 1. The minimum absolute atomic E-state index is 0.205. The lowest BCUT2D eigenvalue weighted by atomic mass is 9.99. The lowest BCUT2D eigenvalue weighted by molar-refractivity contribution is -0.150. The first kappa shape index (κ1) is 23.7. The SMILES string of the molecule is CCOC(=O)C1CCCN(NC(=O)c2nn(-c3ccc(C)cc3C)c(-c3ccccc3)c2C)C1. The van der Waals surface area contributed by atoms with Gasteiger partial charge in [-0.3, -0.25) is 15.0 Å². The van der Waals surface area contributed by atoms with Crippen molar-refractivity contribution in [1.82, 2.24) is 20.2 Å². The minimum Gasteiger partial charge on any atom is -0.466 e. The first-order valence-electron chi connectivity index (χ1n) is 11.8. The molecule has 1 aliphatic rings. The Kier molecular flexibility index (Phi) is 7.12. The number of aryl methyl sites for hydroxylation is 2. The maximum atomic E-state index is 13.4. The summed E-state index contributed by atoms with van der Waals surface area (Å²) in [4.78, 5) is 25.6. The summed E-state index contributed by atoms with van der Waals surface area (Å²) in [5.74, 6) is -0.714. The highest BCUT2D eigenvalue weighted by Crippen LogP contribution is 2.30. The molecule has 1 amide bonds. The van der Waals surface area contributed by atoms with Gasteiger partial charge in [0.1, 0.15) is 0 Å². The van der Waals surface area contributed by atoms with Gasteiger partial charge in [0, 0.05) is 24.2 Å². The van der Waals surface area contributed by atoms with E-state index in [9.17, 15) is 9.59 Å². The molecule has 1 N–H and O–H groups in total. The van der Waals surface area contributed by atoms with Gasteiger partial charge in [-0.05, 0) is 52.2 Å². The number of nitrogens with zero attached hydrogens (tertiary/aromatic N) is 3. The van der Waals surface area contributed by atoms with Gasteiger partial charge in [-0.2, -0.15) is 5.10 Å². The van der Waals surface area contributed by atoms with E-state index in [1.807, 2.05) is 53.0 Å². The van der Waals surface area contributed by atoms with Crippen LogP contribution in [0.5, 0.6) is 0 Å². The summed E-state index contributed by atoms with van der Waals surface area (Å²) in [6.07, 6.45) is 1.58. The second-order valence-electron chi connectivity index (χ2n) is 8.87. The van der Waals surface area contributed by atoms with E-state index in [-0.39, 0.29) is 17.8 Å². The quantitative estimate of drug-likeness (QED) is 0.553. The highest BCUT2D eigenvalue weighted by Gasteiger charge is 2.29. The summed E-state index contributed by atoms with van der Waals surface area (Å²) in [6.45, 7) is 9.33. The molecule has 7 nitrogen and oxygen atoms in total. The maximum absolute atomic E-state index is 13.4. The van der Waals surface area contributed by atoms with Crippen LogP contribution in [0.4, 0.5) is 0 Å². The Bertz CT molecular complexity index is 1190. The summed E-state index contributed by atoms with van der Waals surface area (Å²) < 4.78 is 7.05. The molecule has 4 rings (SSSR count). The number of hydrogen-bond donors (Lipinski definition) is 1. The summed E-state index contributed by atoms with van der Waals surface area (Å²) in [7, 11) is 0. The molecule has 2 aromatic carbocycles. The van der Waals surface area contributed by atoms with Gasteiger partial charge in [0.05, 0.1) is 23.9 Å². The molecule has 0 bridgehead atoms. The molecule has 3 aromatic rings. The number of ether oxygens (including phenoxy) is 1. The van der Waals surface area contributed by atoms with E-state index in [0.29, 0.717) is 25.4 Å². The molecule has 1 aliphatic heterocycles. The zero-order chi connectivity index (χ0) is 24.2. The molecule has 0 radical (unpaired) electrons. The molecule has 1 unspecified atom stereocenters. The first-order chi connectivity index (χ1) is 16.4. The third-order valence-corrected chi connectivity index (χ3v) is 6.27. The normalized spacial score (nSPS) is 16.3. The Morgan fingerprint density at radius 3 is 2.59 bits per heavy atom. The summed E-state index contributed by atoms with van der Waals surface area (Å²) in [5.41, 5.74) is 9.24. The molecule has 1 fully saturated rings. The molecule has 0 saturated carbocycles. The van der Waals surface area contributed by atoms with Crippen molar-refractivity contribution in [3.05, 3.63) is 70.9 Å². The molecule has 34 heavy (non-hydrogen) atoms. The van der Waals surface area contributed by atoms with Crippen molar-refractivity contribution in [2.24, 2.45) is 5.92 Å². The number of aromatic nitrogens is 2. The van der Waals surface area contributed by atoms with E-state index in [4.69, 9.17) is 9.84 Å². The number of esters is 1. The molecule has 1 aromatic heterocycles. The number of hydrazine groups is 1. The van der Waals surface area contributed by atoms with Crippen LogP contribution in [0, 0.1) is 26.7 Å². The lowest BCUT2D eigenvalue weighted by Gasteiger charge is -2.31. The lowest BCUT2D eigenvalue weighted by Crippen LogP contribution is -2.49. The largest absolute Gasteiger partial charge is 0.466 e. The Morgan fingerprint density at radius 2 is 1.88 bits per heavy atom. The van der Waals surface area contributed by atoms with Crippen LogP contribution in [-0.2, 0) is 9.53 Å². The van der Waals surface area contributed by atoms with E-state index in [1.165, 1.54) is 5.56 Å². The number of hydrogen-bond acceptors (Lipinski definition) is 5. The van der Waals surface area contributed by atoms with Crippen LogP contribution in [0.25, 0.3) is 16.9 Å². The van der Waals surface area contributed by atoms with Crippen LogP contribution < -0.4 is 5.43 Å². The van der Waals surface area contributed by atoms with E-state index in [0.717, 1.165) is 40.9 Å². The Labute approximate surface area is 200 Å². The Balaban J connectivity index is 1.66. The molecule has 2 heterocycles. The molecule has 1 saturated heterocycles. The summed E-state index contributed by atoms with van der Waals surface area (Å²) >= 11 is 0. The second kappa shape index (κ2) is 10.2. The van der Waals surface area contributed by atoms with Crippen molar-refractivity contribution in [3.63, 3.8) is 0 Å². The van der Waals surface area contributed by atoms with Gasteiger partial charge in [-0.25, -0.2) is 9.69 Å². The van der Waals surface area contributed by atoms with Crippen LogP contribution in [0.3, 0.4) is 0 Å². The number of rotatable bonds is 6. The van der Waals surface area contributed by atoms with E-state index < -0.39 is 0 Å². The predicted octanol–water partition coefficient (Wildman–Crippen LogP) is 4.38. The number of benzene rings is 2. The van der Waals surface area contributed by atoms with Crippen LogP contribution in [-0.4, -0.2) is 46.4 Å². The fraction of sp³-hybridized carbons (Fsp3) is 0.370. The third kappa shape index (κ3) is 4.89. The molecule has 0 aliphatic carbocycles. The molecule has 178 valence electrons. The number of carbonyl (C=O) groups is 2. The monoisotopic (exact) mass is 460 g/mol. The summed E-state index contributed by atoms with van der Waals surface area (Å²) in [6, 6.07) is 16.2. The maximum Gasteiger partial charge on any atom is 0.310 e. The van der Waals surface area contributed by atoms with Crippen molar-refractivity contribution >= 4 is 11.9 Å². The van der Waals surface area contributed by atoms with Gasteiger partial charge < -0.3 is 4.74 Å². The predicted molar refractivity (Wildman–Crippen MR) is 132 cm³/mol. The van der Waals surface area contributed by atoms with Gasteiger partial charge >= 0.3 is 5.97 Å². The van der Waals surface area contributed by atoms with Crippen molar-refractivity contribution in [2.75, 3.05) is 19.7 Å². The molecule has 1 atom stereocenters. The van der Waals surface area contributed by atoms with E-state index in [2.05, 4.69) is 31.4 Å². The van der Waals surface area contributed by atoms with Crippen molar-refractivity contribution in [3.8, 4) is 16.9 Å². The van der Waals surface area contributed by atoms with Crippen LogP contribution in [0.2, 0.25) is 0 Å². The average molecular weight is 461 g/mol. The Morgan fingerprint density at radius 1 is 1.12 bits per heavy atom. The molecular formula is C27H32N4O3. The Hall–Kier alpha value is -3.45. The zero-order valence-electron chi connectivity index (χ0n) is 20.3. The van der Waals surface area contributed by atoms with Crippen molar-refractivity contribution < 1.29 is 14.3 Å². The third-order valence-electron chi connectivity index (χ3n) is 6.27. The minimum atomic E-state index is -0.275. The molecule has 7 heteroatoms. The van der Waals surface area contributed by atoms with Crippen molar-refractivity contribution in [2.45, 2.75) is 40.5 Å². The van der Waals surface area contributed by atoms with Crippen molar-refractivity contribution in [1.29, 1.82) is 0 Å². The van der Waals surface area contributed by atoms with Crippen LogP contribution >= 0.6 is 0 Å². The van der Waals surface area contributed by atoms with Gasteiger partial charge in [0.2, 0.25) is 0 Å². The highest BCUT2D eigenvalue weighted by molar-refractivity contribution is 5.95. The van der Waals surface area contributed by atoms with Crippen LogP contribution in [0.1, 0.15) is 46.9 Å². The fourth-order valence-corrected chi connectivity index (χ4v) is 4.59. The first-order valence-corrected chi connectivity index (χ1v) is 11.8. The number of nitrogens with one attached hydrogen (secondary N) is 1. The molecule has 0 spiro atoms. The zero-order valence-corrected chi connectivity index (χ0v) is 20.3. The van der Waals surface area contributed by atoms with Gasteiger partial charge in [0.25, 0.3) is 5.91 Å². The molecular weight excluding hydrogens is 428 g/mol. The fourth-order valence-electron chi connectivity index (χ4n) is 4.59. The van der Waals surface area contributed by atoms with E-state index in [1.54, 1.807) is 6.92 Å². The van der Waals surface area contributed by atoms with Crippen LogP contribution in [0.15, 0.2) is 48.5 Å². The standard InChI is InChI=1S/C27H32N4O3/c1-5-34-27(33)22-12-9-15-30(17-22)29-26(32)24-20(4)25(21-10-7-6-8-11-21)31(28-24)23-14-13-18(2)16-19(23)3/h6-8,10-11,13-14,16,22H,5,9,12,15,17H2,1-4H3,(H,29,32). The number of carbonyl (C=O) groups excluding carboxylic acids is 2. The average Bonchev–Trinajstić information content (AvgIpc) is 3.17.